The molecule has 2 aliphatic carbocycles. The average molecular weight is 349 g/mol. The van der Waals surface area contributed by atoms with Gasteiger partial charge in [-0.05, 0) is 32.5 Å². The maximum absolute atomic E-state index is 10.5. The molecule has 1 fully saturated rings. The molecular weight excluding hydrogens is 324 g/mol. The molecule has 0 saturated heterocycles. The van der Waals surface area contributed by atoms with Crippen molar-refractivity contribution in [3.05, 3.63) is 10.6 Å². The normalized spacial score (nSPS) is 39.7. The quantitative estimate of drug-likeness (QED) is 0.770. The summed E-state index contributed by atoms with van der Waals surface area (Å²) in [4.78, 5) is 0. The molecule has 19 heavy (non-hydrogen) atoms. The molecule has 5 heteroatoms. The first-order chi connectivity index (χ1) is 8.80. The average Bonchev–Trinajstić information content (AvgIpc) is 2.32. The van der Waals surface area contributed by atoms with Crippen LogP contribution in [-0.4, -0.2) is 36.8 Å². The molecule has 0 aromatic heterocycles. The summed E-state index contributed by atoms with van der Waals surface area (Å²) in [6.45, 7) is 6.63. The van der Waals surface area contributed by atoms with Gasteiger partial charge in [-0.25, -0.2) is 0 Å². The molecule has 2 rings (SSSR count). The highest BCUT2D eigenvalue weighted by Crippen LogP contribution is 2.50. The number of fused-ring (bicyclic) bond motifs is 1. The van der Waals surface area contributed by atoms with Crippen molar-refractivity contribution in [2.45, 2.75) is 57.0 Å². The fourth-order valence-electron chi connectivity index (χ4n) is 3.68. The van der Waals surface area contributed by atoms with E-state index in [1.807, 2.05) is 6.08 Å². The van der Waals surface area contributed by atoms with Gasteiger partial charge in [-0.2, -0.15) is 0 Å². The molecule has 0 heterocycles. The molecule has 1 saturated carbocycles. The van der Waals surface area contributed by atoms with E-state index in [-0.39, 0.29) is 24.0 Å². The van der Waals surface area contributed by atoms with Crippen molar-refractivity contribution >= 4 is 24.2 Å². The Balaban J connectivity index is 2.42. The lowest BCUT2D eigenvalue weighted by molar-refractivity contribution is -0.115. The second-order valence-corrected chi connectivity index (χ2v) is 12.2. The van der Waals surface area contributed by atoms with E-state index < -0.39 is 14.4 Å². The molecule has 0 aromatic carbocycles. The van der Waals surface area contributed by atoms with Crippen LogP contribution in [0.1, 0.15) is 25.7 Å². The first-order valence-electron chi connectivity index (χ1n) is 7.16. The Morgan fingerprint density at radius 2 is 2.11 bits per heavy atom. The topological polar surface area (TPSA) is 49.7 Å². The van der Waals surface area contributed by atoms with Crippen molar-refractivity contribution in [3.63, 3.8) is 0 Å². The molecule has 110 valence electrons. The minimum Gasteiger partial charge on any atom is -0.411 e. The largest absolute Gasteiger partial charge is 0.411 e. The van der Waals surface area contributed by atoms with Gasteiger partial charge in [0.15, 0.2) is 8.32 Å². The van der Waals surface area contributed by atoms with E-state index in [1.54, 1.807) is 0 Å². The number of hydrogen-bond donors (Lipinski definition) is 2. The summed E-state index contributed by atoms with van der Waals surface area (Å²) in [5.74, 6) is 0.0896. The monoisotopic (exact) mass is 348 g/mol. The maximum atomic E-state index is 10.5. The highest BCUT2D eigenvalue weighted by atomic mass is 79.9. The van der Waals surface area contributed by atoms with E-state index in [2.05, 4.69) is 35.6 Å². The molecule has 4 atom stereocenters. The molecule has 1 unspecified atom stereocenters. The minimum absolute atomic E-state index is 0.0118. The Kier molecular flexibility index (Phi) is 4.63. The molecule has 2 N–H and O–H groups in total. The van der Waals surface area contributed by atoms with Gasteiger partial charge in [0.25, 0.3) is 0 Å². The predicted octanol–water partition coefficient (Wildman–Crippen LogP) is 3.03. The van der Waals surface area contributed by atoms with E-state index in [0.29, 0.717) is 0 Å². The highest BCUT2D eigenvalue weighted by Gasteiger charge is 2.54. The van der Waals surface area contributed by atoms with Crippen molar-refractivity contribution in [3.8, 4) is 0 Å². The zero-order valence-electron chi connectivity index (χ0n) is 12.0. The number of aliphatic hydroxyl groups excluding tert-OH is 2. The van der Waals surface area contributed by atoms with Gasteiger partial charge in [0, 0.05) is 16.3 Å². The Labute approximate surface area is 125 Å². The van der Waals surface area contributed by atoms with E-state index in [9.17, 15) is 10.2 Å². The van der Waals surface area contributed by atoms with Crippen LogP contribution < -0.4 is 0 Å². The smallest absolute Gasteiger partial charge is 0.184 e. The molecule has 0 spiro atoms. The molecule has 3 nitrogen and oxygen atoms in total. The lowest BCUT2D eigenvalue weighted by Gasteiger charge is -2.54. The second-order valence-electron chi connectivity index (χ2n) is 6.81. The Bertz CT molecular complexity index is 366. The van der Waals surface area contributed by atoms with Crippen LogP contribution in [0.5, 0.6) is 0 Å². The zero-order chi connectivity index (χ0) is 14.3. The van der Waals surface area contributed by atoms with Crippen LogP contribution in [-0.2, 0) is 4.43 Å². The first kappa shape index (κ1) is 15.7. The van der Waals surface area contributed by atoms with Crippen LogP contribution in [0.3, 0.4) is 0 Å². The van der Waals surface area contributed by atoms with Gasteiger partial charge in [-0.15, -0.1) is 0 Å². The van der Waals surface area contributed by atoms with Gasteiger partial charge in [0.2, 0.25) is 0 Å². The lowest BCUT2D eigenvalue weighted by atomic mass is 9.63. The molecule has 0 radical (unpaired) electrons. The third-order valence-electron chi connectivity index (χ3n) is 4.30. The lowest BCUT2D eigenvalue weighted by Crippen LogP contribution is -2.60. The summed E-state index contributed by atoms with van der Waals surface area (Å²) >= 11 is 3.46. The van der Waals surface area contributed by atoms with Gasteiger partial charge in [-0.1, -0.05) is 34.8 Å². The SMILES string of the molecule is C[Si](C)(C)O[C@@]12CCCCC1[C@H](O)C(Br)=C[C@@H]2CO. The van der Waals surface area contributed by atoms with Gasteiger partial charge in [0.05, 0.1) is 18.3 Å². The third kappa shape index (κ3) is 3.00. The summed E-state index contributed by atoms with van der Waals surface area (Å²) in [5.41, 5.74) is -0.367. The maximum Gasteiger partial charge on any atom is 0.184 e. The van der Waals surface area contributed by atoms with Crippen molar-refractivity contribution in [2.24, 2.45) is 11.8 Å². The second kappa shape index (κ2) is 5.60. The van der Waals surface area contributed by atoms with E-state index in [0.717, 1.165) is 30.2 Å². The minimum atomic E-state index is -1.74. The molecule has 0 bridgehead atoms. The summed E-state index contributed by atoms with van der Waals surface area (Å²) in [5, 5.41) is 20.3. The molecule has 0 amide bonds. The number of rotatable bonds is 3. The van der Waals surface area contributed by atoms with E-state index >= 15 is 0 Å². The molecule has 2 aliphatic rings. The Hall–Kier alpha value is 0.317. The zero-order valence-corrected chi connectivity index (χ0v) is 14.6. The van der Waals surface area contributed by atoms with Crippen molar-refractivity contribution in [2.75, 3.05) is 6.61 Å². The van der Waals surface area contributed by atoms with Crippen LogP contribution in [0.15, 0.2) is 10.6 Å². The van der Waals surface area contributed by atoms with Crippen LogP contribution >= 0.6 is 15.9 Å². The molecule has 0 aromatic rings. The number of halogens is 1. The summed E-state index contributed by atoms with van der Waals surface area (Å²) < 4.78 is 7.36. The molecular formula is C14H25BrO3Si. The van der Waals surface area contributed by atoms with Gasteiger partial charge in [-0.3, -0.25) is 0 Å². The summed E-state index contributed by atoms with van der Waals surface area (Å²) in [6.07, 6.45) is 5.66. The number of aliphatic hydroxyl groups is 2. The Morgan fingerprint density at radius 3 is 2.68 bits per heavy atom. The van der Waals surface area contributed by atoms with Gasteiger partial charge in [0.1, 0.15) is 0 Å². The number of hydrogen-bond acceptors (Lipinski definition) is 3. The van der Waals surface area contributed by atoms with E-state index in [4.69, 9.17) is 4.43 Å². The van der Waals surface area contributed by atoms with Crippen molar-refractivity contribution in [1.82, 2.24) is 0 Å². The van der Waals surface area contributed by atoms with Crippen LogP contribution in [0, 0.1) is 11.8 Å². The van der Waals surface area contributed by atoms with Gasteiger partial charge >= 0.3 is 0 Å². The summed E-state index contributed by atoms with van der Waals surface area (Å²) in [7, 11) is -1.74. The molecule has 0 aliphatic heterocycles. The van der Waals surface area contributed by atoms with Crippen molar-refractivity contribution < 1.29 is 14.6 Å². The predicted molar refractivity (Wildman–Crippen MR) is 82.7 cm³/mol. The summed E-state index contributed by atoms with van der Waals surface area (Å²) in [6, 6.07) is 0. The first-order valence-corrected chi connectivity index (χ1v) is 11.4. The van der Waals surface area contributed by atoms with Gasteiger partial charge < -0.3 is 14.6 Å². The fourth-order valence-corrected chi connectivity index (χ4v) is 5.87. The standard InChI is InChI=1S/C14H25BrO3Si/c1-19(2,3)18-14-7-5-4-6-11(14)13(17)12(15)8-10(14)9-16/h8,10-11,13,16-17H,4-7,9H2,1-3H3/t10-,11?,13+,14-/m1/s1. The van der Waals surface area contributed by atoms with Crippen LogP contribution in [0.4, 0.5) is 0 Å². The van der Waals surface area contributed by atoms with Crippen molar-refractivity contribution in [1.29, 1.82) is 0 Å². The highest BCUT2D eigenvalue weighted by molar-refractivity contribution is 9.11. The Morgan fingerprint density at radius 1 is 1.42 bits per heavy atom. The van der Waals surface area contributed by atoms with Crippen LogP contribution in [0.25, 0.3) is 0 Å². The van der Waals surface area contributed by atoms with E-state index in [1.165, 1.54) is 0 Å². The third-order valence-corrected chi connectivity index (χ3v) is 6.03. The fraction of sp³-hybridized carbons (Fsp3) is 0.857. The van der Waals surface area contributed by atoms with Crippen LogP contribution in [0.2, 0.25) is 19.6 Å².